The van der Waals surface area contributed by atoms with E-state index in [9.17, 15) is 14.9 Å². The van der Waals surface area contributed by atoms with Crippen molar-refractivity contribution < 1.29 is 14.8 Å². The van der Waals surface area contributed by atoms with Crippen LogP contribution >= 0.6 is 0 Å². The van der Waals surface area contributed by atoms with E-state index in [1.807, 2.05) is 0 Å². The third kappa shape index (κ3) is 2.74. The van der Waals surface area contributed by atoms with Crippen molar-refractivity contribution >= 4 is 17.3 Å². The lowest BCUT2D eigenvalue weighted by Crippen LogP contribution is -2.21. The molecule has 1 aromatic carbocycles. The van der Waals surface area contributed by atoms with Crippen LogP contribution in [0.3, 0.4) is 0 Å². The van der Waals surface area contributed by atoms with Gasteiger partial charge >= 0.3 is 5.97 Å². The molecular weight excluding hydrogens is 260 g/mol. The average Bonchev–Trinajstić information content (AvgIpc) is 3.17. The van der Waals surface area contributed by atoms with Crippen LogP contribution in [-0.2, 0) is 0 Å². The van der Waals surface area contributed by atoms with E-state index in [2.05, 4.69) is 19.2 Å². The number of aromatic carboxylic acids is 1. The number of carboxylic acids is 1. The van der Waals surface area contributed by atoms with Crippen molar-refractivity contribution in [3.8, 4) is 0 Å². The number of nitrogens with one attached hydrogen (secondary N) is 1. The Morgan fingerprint density at radius 2 is 2.15 bits per heavy atom. The van der Waals surface area contributed by atoms with Crippen LogP contribution in [0.1, 0.15) is 37.0 Å². The van der Waals surface area contributed by atoms with Gasteiger partial charge in [-0.25, -0.2) is 4.79 Å². The van der Waals surface area contributed by atoms with Crippen molar-refractivity contribution in [3.63, 3.8) is 0 Å². The molecule has 0 aliphatic heterocycles. The summed E-state index contributed by atoms with van der Waals surface area (Å²) in [4.78, 5) is 21.4. The summed E-state index contributed by atoms with van der Waals surface area (Å²) in [6, 6.07) is 3.95. The largest absolute Gasteiger partial charge is 0.478 e. The normalized spacial score (nSPS) is 15.9. The van der Waals surface area contributed by atoms with Crippen LogP contribution in [0.25, 0.3) is 0 Å². The summed E-state index contributed by atoms with van der Waals surface area (Å²) in [7, 11) is 0. The second-order valence-electron chi connectivity index (χ2n) is 5.66. The van der Waals surface area contributed by atoms with Gasteiger partial charge in [-0.1, -0.05) is 13.8 Å². The Hall–Kier alpha value is -2.11. The maximum absolute atomic E-state index is 11.0. The molecule has 0 unspecified atom stereocenters. The predicted octanol–water partition coefficient (Wildman–Crippen LogP) is 3.14. The standard InChI is InChI=1S/C14H18N2O4/c1-9(2)14(5-6-14)8-15-11-4-3-10(13(17)18)7-12(11)16(19)20/h3-4,7,9,15H,5-6,8H2,1-2H3,(H,17,18). The predicted molar refractivity (Wildman–Crippen MR) is 75.1 cm³/mol. The van der Waals surface area contributed by atoms with E-state index >= 15 is 0 Å². The number of nitro groups is 1. The minimum atomic E-state index is -1.17. The van der Waals surface area contributed by atoms with E-state index in [0.29, 0.717) is 18.2 Å². The van der Waals surface area contributed by atoms with Crippen molar-refractivity contribution in [1.29, 1.82) is 0 Å². The third-order valence-corrected chi connectivity index (χ3v) is 4.19. The Morgan fingerprint density at radius 3 is 2.60 bits per heavy atom. The summed E-state index contributed by atoms with van der Waals surface area (Å²) in [6.07, 6.45) is 2.25. The summed E-state index contributed by atoms with van der Waals surface area (Å²) in [5.41, 5.74) is 0.336. The smallest absolute Gasteiger partial charge is 0.335 e. The maximum atomic E-state index is 11.0. The number of carbonyl (C=O) groups is 1. The molecule has 1 saturated carbocycles. The highest BCUT2D eigenvalue weighted by Crippen LogP contribution is 2.51. The molecule has 1 aromatic rings. The second kappa shape index (κ2) is 5.11. The molecule has 1 aliphatic carbocycles. The van der Waals surface area contributed by atoms with Gasteiger partial charge in [-0.15, -0.1) is 0 Å². The molecule has 0 bridgehead atoms. The molecule has 0 atom stereocenters. The number of anilines is 1. The highest BCUT2D eigenvalue weighted by Gasteiger charge is 2.45. The fourth-order valence-corrected chi connectivity index (χ4v) is 2.36. The molecule has 108 valence electrons. The zero-order chi connectivity index (χ0) is 14.9. The van der Waals surface area contributed by atoms with Crippen LogP contribution in [0.5, 0.6) is 0 Å². The zero-order valence-corrected chi connectivity index (χ0v) is 11.5. The van der Waals surface area contributed by atoms with Gasteiger partial charge in [0.25, 0.3) is 5.69 Å². The number of benzene rings is 1. The first-order valence-electron chi connectivity index (χ1n) is 6.61. The first kappa shape index (κ1) is 14.3. The van der Waals surface area contributed by atoms with Gasteiger partial charge in [0.2, 0.25) is 0 Å². The molecule has 0 amide bonds. The molecule has 0 aromatic heterocycles. The minimum absolute atomic E-state index is 0.0766. The SMILES string of the molecule is CC(C)C1(CNc2ccc(C(=O)O)cc2[N+](=O)[O-])CC1. The van der Waals surface area contributed by atoms with E-state index in [4.69, 9.17) is 5.11 Å². The summed E-state index contributed by atoms with van der Waals surface area (Å²) in [6.45, 7) is 4.98. The molecule has 6 nitrogen and oxygen atoms in total. The van der Waals surface area contributed by atoms with E-state index in [-0.39, 0.29) is 16.7 Å². The monoisotopic (exact) mass is 278 g/mol. The minimum Gasteiger partial charge on any atom is -0.478 e. The molecule has 2 rings (SSSR count). The van der Waals surface area contributed by atoms with Crippen LogP contribution in [0.4, 0.5) is 11.4 Å². The lowest BCUT2D eigenvalue weighted by molar-refractivity contribution is -0.384. The number of carboxylic acid groups (broad SMARTS) is 1. The molecule has 2 N–H and O–H groups in total. The van der Waals surface area contributed by atoms with E-state index in [0.717, 1.165) is 18.9 Å². The topological polar surface area (TPSA) is 92.5 Å². The summed E-state index contributed by atoms with van der Waals surface area (Å²) in [5, 5.41) is 23.0. The fourth-order valence-electron chi connectivity index (χ4n) is 2.36. The summed E-state index contributed by atoms with van der Waals surface area (Å²) >= 11 is 0. The average molecular weight is 278 g/mol. The number of hydrogen-bond acceptors (Lipinski definition) is 4. The Labute approximate surface area is 117 Å². The number of nitro benzene ring substituents is 1. The number of nitrogens with zero attached hydrogens (tertiary/aromatic N) is 1. The van der Waals surface area contributed by atoms with Crippen molar-refractivity contribution in [3.05, 3.63) is 33.9 Å². The van der Waals surface area contributed by atoms with Crippen molar-refractivity contribution in [1.82, 2.24) is 0 Å². The van der Waals surface area contributed by atoms with Crippen molar-refractivity contribution in [2.24, 2.45) is 11.3 Å². The van der Waals surface area contributed by atoms with Crippen LogP contribution < -0.4 is 5.32 Å². The van der Waals surface area contributed by atoms with Gasteiger partial charge < -0.3 is 10.4 Å². The van der Waals surface area contributed by atoms with Crippen molar-refractivity contribution in [2.75, 3.05) is 11.9 Å². The van der Waals surface area contributed by atoms with Crippen LogP contribution in [0.15, 0.2) is 18.2 Å². The molecule has 0 radical (unpaired) electrons. The lowest BCUT2D eigenvalue weighted by atomic mass is 9.92. The molecule has 0 saturated heterocycles. The molecular formula is C14H18N2O4. The Balaban J connectivity index is 2.19. The third-order valence-electron chi connectivity index (χ3n) is 4.19. The van der Waals surface area contributed by atoms with Gasteiger partial charge in [0.15, 0.2) is 0 Å². The molecule has 20 heavy (non-hydrogen) atoms. The second-order valence-corrected chi connectivity index (χ2v) is 5.66. The maximum Gasteiger partial charge on any atom is 0.335 e. The van der Waals surface area contributed by atoms with Gasteiger partial charge in [0.1, 0.15) is 5.69 Å². The summed E-state index contributed by atoms with van der Waals surface area (Å²) in [5.74, 6) is -0.646. The molecule has 0 spiro atoms. The lowest BCUT2D eigenvalue weighted by Gasteiger charge is -2.20. The van der Waals surface area contributed by atoms with Gasteiger partial charge in [0.05, 0.1) is 10.5 Å². The molecule has 6 heteroatoms. The first-order valence-corrected chi connectivity index (χ1v) is 6.61. The molecule has 1 aliphatic rings. The van der Waals surface area contributed by atoms with Gasteiger partial charge in [0, 0.05) is 12.6 Å². The van der Waals surface area contributed by atoms with E-state index < -0.39 is 10.9 Å². The van der Waals surface area contributed by atoms with E-state index in [1.54, 1.807) is 0 Å². The zero-order valence-electron chi connectivity index (χ0n) is 11.5. The summed E-state index contributed by atoms with van der Waals surface area (Å²) < 4.78 is 0. The van der Waals surface area contributed by atoms with Gasteiger partial charge in [-0.05, 0) is 36.3 Å². The highest BCUT2D eigenvalue weighted by atomic mass is 16.6. The van der Waals surface area contributed by atoms with Crippen LogP contribution in [-0.4, -0.2) is 22.5 Å². The highest BCUT2D eigenvalue weighted by molar-refractivity contribution is 5.89. The first-order chi connectivity index (χ1) is 9.35. The van der Waals surface area contributed by atoms with Gasteiger partial charge in [-0.2, -0.15) is 0 Å². The fraction of sp³-hybridized carbons (Fsp3) is 0.500. The van der Waals surface area contributed by atoms with E-state index in [1.165, 1.54) is 12.1 Å². The van der Waals surface area contributed by atoms with Crippen molar-refractivity contribution in [2.45, 2.75) is 26.7 Å². The number of rotatable bonds is 6. The Bertz CT molecular complexity index is 550. The van der Waals surface area contributed by atoms with Gasteiger partial charge in [-0.3, -0.25) is 10.1 Å². The van der Waals surface area contributed by atoms with Crippen LogP contribution in [0.2, 0.25) is 0 Å². The quantitative estimate of drug-likeness (QED) is 0.616. The van der Waals surface area contributed by atoms with Crippen LogP contribution in [0, 0.1) is 21.4 Å². The Morgan fingerprint density at radius 1 is 1.50 bits per heavy atom. The molecule has 0 heterocycles. The number of hydrogen-bond donors (Lipinski definition) is 2. The Kier molecular flexibility index (Phi) is 3.65. The molecule has 1 fully saturated rings.